The summed E-state index contributed by atoms with van der Waals surface area (Å²) in [5.74, 6) is -3.28. The molecule has 1 saturated heterocycles. The van der Waals surface area contributed by atoms with Gasteiger partial charge in [-0.2, -0.15) is 4.72 Å². The topological polar surface area (TPSA) is 368 Å². The van der Waals surface area contributed by atoms with Crippen LogP contribution in [-0.4, -0.2) is 267 Å². The second-order valence-electron chi connectivity index (χ2n) is 27.4. The van der Waals surface area contributed by atoms with Crippen LogP contribution in [0.3, 0.4) is 0 Å². The fourth-order valence-corrected chi connectivity index (χ4v) is 12.8. The van der Waals surface area contributed by atoms with Crippen molar-refractivity contribution in [3.63, 3.8) is 0 Å². The first kappa shape index (κ1) is 81.5. The number of carbonyl (C=O) groups excluding carboxylic acids is 6. The highest BCUT2D eigenvalue weighted by molar-refractivity contribution is 7.89. The van der Waals surface area contributed by atoms with Gasteiger partial charge in [0.05, 0.1) is 62.4 Å². The lowest BCUT2D eigenvalue weighted by Crippen LogP contribution is -2.54. The zero-order valence-corrected chi connectivity index (χ0v) is 60.9. The minimum Gasteiger partial charge on any atom is -0.480 e. The van der Waals surface area contributed by atoms with E-state index in [0.717, 1.165) is 5.56 Å². The summed E-state index contributed by atoms with van der Waals surface area (Å²) in [5, 5.41) is 18.6. The summed E-state index contributed by atoms with van der Waals surface area (Å²) >= 11 is 0. The van der Waals surface area contributed by atoms with E-state index in [1.54, 1.807) is 54.7 Å². The molecule has 3 aromatic carbocycles. The molecular formula is C68H102N12O18S2. The van der Waals surface area contributed by atoms with Gasteiger partial charge in [0.2, 0.25) is 31.9 Å². The molecule has 0 saturated carbocycles. The molecule has 1 fully saturated rings. The monoisotopic (exact) mass is 1440 g/mol. The van der Waals surface area contributed by atoms with Crippen molar-refractivity contribution in [2.45, 2.75) is 127 Å². The maximum Gasteiger partial charge on any atom is 0.323 e. The van der Waals surface area contributed by atoms with E-state index in [9.17, 15) is 55.5 Å². The van der Waals surface area contributed by atoms with E-state index in [1.165, 1.54) is 36.4 Å². The number of ketones is 1. The summed E-state index contributed by atoms with van der Waals surface area (Å²) < 4.78 is 91.7. The van der Waals surface area contributed by atoms with E-state index in [-0.39, 0.29) is 98.4 Å². The fourth-order valence-electron chi connectivity index (χ4n) is 10.6. The number of esters is 3. The van der Waals surface area contributed by atoms with Crippen molar-refractivity contribution in [2.75, 3.05) is 155 Å². The number of ether oxygens (including phenoxy) is 6. The Hall–Kier alpha value is -7.50. The smallest absolute Gasteiger partial charge is 0.323 e. The minimum absolute atomic E-state index is 0.00599. The number of nitrogens with zero attached hydrogens (tertiary/aromatic N) is 6. The largest absolute Gasteiger partial charge is 0.480 e. The maximum absolute atomic E-state index is 13.5. The first-order valence-electron chi connectivity index (χ1n) is 33.5. The number of Topliss-reactive ketones (excluding diaryl/α,β-unsaturated/α-hetero) is 1. The Morgan fingerprint density at radius 1 is 0.600 bits per heavy atom. The average Bonchev–Trinajstić information content (AvgIpc) is 0.794. The zero-order chi connectivity index (χ0) is 73.3. The predicted molar refractivity (Wildman–Crippen MR) is 373 cm³/mol. The van der Waals surface area contributed by atoms with Gasteiger partial charge in [0.25, 0.3) is 0 Å². The van der Waals surface area contributed by atoms with Gasteiger partial charge in [-0.15, -0.1) is 0 Å². The summed E-state index contributed by atoms with van der Waals surface area (Å²) in [6.07, 6.45) is 4.02. The molecule has 0 bridgehead atoms. The molecular weight excluding hydrogens is 1340 g/mol. The van der Waals surface area contributed by atoms with Crippen LogP contribution in [0.4, 0.5) is 11.6 Å². The molecule has 3 heterocycles. The van der Waals surface area contributed by atoms with Crippen LogP contribution in [0.1, 0.15) is 97.5 Å². The van der Waals surface area contributed by atoms with Crippen LogP contribution in [0.15, 0.2) is 88.9 Å². The number of sulfonamides is 2. The van der Waals surface area contributed by atoms with Gasteiger partial charge in [-0.25, -0.2) is 26.5 Å². The molecule has 554 valence electrons. The van der Waals surface area contributed by atoms with Crippen molar-refractivity contribution < 1.29 is 83.9 Å². The van der Waals surface area contributed by atoms with Gasteiger partial charge in [-0.3, -0.25) is 53.2 Å². The van der Waals surface area contributed by atoms with Crippen molar-refractivity contribution in [1.82, 2.24) is 49.6 Å². The summed E-state index contributed by atoms with van der Waals surface area (Å²) in [4.78, 5) is 108. The second-order valence-corrected chi connectivity index (χ2v) is 30.8. The van der Waals surface area contributed by atoms with E-state index in [0.29, 0.717) is 126 Å². The van der Waals surface area contributed by atoms with E-state index in [1.807, 2.05) is 81.9 Å². The number of aromatic amines is 1. The van der Waals surface area contributed by atoms with Crippen molar-refractivity contribution in [1.29, 1.82) is 0 Å². The number of imidazole rings is 1. The van der Waals surface area contributed by atoms with E-state index >= 15 is 0 Å². The van der Waals surface area contributed by atoms with Crippen molar-refractivity contribution in [2.24, 2.45) is 0 Å². The van der Waals surface area contributed by atoms with Crippen LogP contribution < -0.4 is 30.3 Å². The number of anilines is 2. The number of fused-ring (bicyclic) bond motifs is 1. The first-order chi connectivity index (χ1) is 47.1. The zero-order valence-electron chi connectivity index (χ0n) is 59.2. The van der Waals surface area contributed by atoms with Gasteiger partial charge in [-0.1, -0.05) is 30.3 Å². The molecule has 6 rings (SSSR count). The van der Waals surface area contributed by atoms with Crippen molar-refractivity contribution >= 4 is 73.2 Å². The normalized spacial score (nSPS) is 16.3. The third-order valence-electron chi connectivity index (χ3n) is 15.5. The van der Waals surface area contributed by atoms with Crippen LogP contribution in [0.5, 0.6) is 0 Å². The summed E-state index contributed by atoms with van der Waals surface area (Å²) in [5.41, 5.74) is 0.826. The molecule has 2 aliphatic rings. The Bertz CT molecular complexity index is 3500. The third kappa shape index (κ3) is 29.2. The lowest BCUT2D eigenvalue weighted by Gasteiger charge is -2.34. The molecule has 100 heavy (non-hydrogen) atoms. The minimum atomic E-state index is -4.43. The maximum atomic E-state index is 13.5. The number of hydrogen-bond acceptors (Lipinski definition) is 24. The highest BCUT2D eigenvalue weighted by Crippen LogP contribution is 2.31. The van der Waals surface area contributed by atoms with Gasteiger partial charge in [0.15, 0.2) is 11.7 Å². The van der Waals surface area contributed by atoms with Gasteiger partial charge < -0.3 is 59.4 Å². The molecule has 0 aliphatic carbocycles. The van der Waals surface area contributed by atoms with Crippen LogP contribution >= 0.6 is 0 Å². The van der Waals surface area contributed by atoms with Gasteiger partial charge >= 0.3 is 23.9 Å². The Kier molecular flexibility index (Phi) is 31.4. The molecule has 2 amide bonds. The number of rotatable bonds is 35. The summed E-state index contributed by atoms with van der Waals surface area (Å²) in [7, 11) is -6.68. The van der Waals surface area contributed by atoms with Crippen LogP contribution in [-0.2, 0) is 83.8 Å². The molecule has 2 unspecified atom stereocenters. The van der Waals surface area contributed by atoms with Crippen LogP contribution in [0, 0.1) is 0 Å². The summed E-state index contributed by atoms with van der Waals surface area (Å²) in [6, 6.07) is 14.0. The number of likely N-dealkylation sites (N-methyl/N-ethyl adjacent to an activating group) is 1. The molecule has 30 nitrogen and oxygen atoms in total. The number of carboxylic acids is 1. The molecule has 2 atom stereocenters. The Morgan fingerprint density at radius 2 is 1.05 bits per heavy atom. The lowest BCUT2D eigenvalue weighted by molar-refractivity contribution is -0.158. The quantitative estimate of drug-likeness (QED) is 0.0198. The number of aromatic nitrogens is 2. The number of hydrogen-bond donors (Lipinski definition) is 7. The number of carboxylic acid groups (broad SMARTS) is 1. The number of amides is 2. The Balaban J connectivity index is 0.848. The number of H-pyrrole nitrogens is 1. The van der Waals surface area contributed by atoms with Gasteiger partial charge in [0, 0.05) is 129 Å². The standard InChI is InChI=1S/C68H102N12O18S2/c1-66(2,3)96-60(83)46-78-29-27-77(28-30-79(47-61(84)97-67(4,5)6)32-34-80(33-31-78)48-62(85)98-68(7,8)9)45-59(82)69-23-11-35-93-37-39-95-40-38-94-36-12-24-74-99(89,90)52-18-14-50(15-19-52)51-16-20-53(21-17-51)100(91,92)75-55(64(87)88)44-72-63(86)57-42-58(81)54-22-13-49(41-56(54)76(57)10)43-73-65-70-25-26-71-65/h13-22,25-26,41,55,57,74-75H,11-12,23-24,27-40,42-48H2,1-10H3,(H,69,82)(H,72,86)(H,87,88)(H2,70,71,73). The molecule has 0 spiro atoms. The van der Waals surface area contributed by atoms with Crippen molar-refractivity contribution in [3.05, 3.63) is 90.3 Å². The Morgan fingerprint density at radius 3 is 1.50 bits per heavy atom. The van der Waals surface area contributed by atoms with Crippen LogP contribution in [0.2, 0.25) is 0 Å². The highest BCUT2D eigenvalue weighted by atomic mass is 32.2. The van der Waals surface area contributed by atoms with Crippen molar-refractivity contribution in [3.8, 4) is 11.1 Å². The van der Waals surface area contributed by atoms with Crippen LogP contribution in [0.25, 0.3) is 11.1 Å². The second kappa shape index (κ2) is 38.5. The number of benzene rings is 3. The summed E-state index contributed by atoms with van der Waals surface area (Å²) in [6.45, 7) is 21.8. The Labute approximate surface area is 587 Å². The molecule has 4 aromatic rings. The van der Waals surface area contributed by atoms with Gasteiger partial charge in [-0.05, 0) is 128 Å². The SMILES string of the molecule is CN1c2cc(CNc3ncc[nH]3)ccc2C(=O)CC1C(=O)NCC(NS(=O)(=O)c1ccc(-c2ccc(S(=O)(=O)NCCCOCCOCCOCCCNC(=O)CN3CCN(CC(=O)OC(C)(C)C)CCN(CC(=O)OC(C)(C)C)CCN(CC(=O)OC(C)(C)C)CC3)cc2)cc1)C(=O)O. The highest BCUT2D eigenvalue weighted by Gasteiger charge is 2.36. The molecule has 7 N–H and O–H groups in total. The molecule has 2 aliphatic heterocycles. The van der Waals surface area contributed by atoms with E-state index in [4.69, 9.17) is 28.4 Å². The number of carbonyl (C=O) groups is 7. The number of aliphatic carboxylic acids is 1. The van der Waals surface area contributed by atoms with E-state index in [2.05, 4.69) is 35.4 Å². The van der Waals surface area contributed by atoms with Gasteiger partial charge in [0.1, 0.15) is 28.9 Å². The third-order valence-corrected chi connectivity index (χ3v) is 18.5. The first-order valence-corrected chi connectivity index (χ1v) is 36.5. The van der Waals surface area contributed by atoms with E-state index < -0.39 is 67.4 Å². The predicted octanol–water partition coefficient (Wildman–Crippen LogP) is 3.10. The lowest BCUT2D eigenvalue weighted by atomic mass is 9.93. The molecule has 32 heteroatoms. The average molecular weight is 1440 g/mol. The molecule has 1 aromatic heterocycles. The number of nitrogens with one attached hydrogen (secondary N) is 6. The fraction of sp³-hybridized carbons (Fsp3) is 0.588. The molecule has 0 radical (unpaired) electrons.